The number of carbonyl (C=O) groups is 1. The molecule has 5 rings (SSSR count). The van der Waals surface area contributed by atoms with Crippen LogP contribution < -0.4 is 5.32 Å². The van der Waals surface area contributed by atoms with Crippen LogP contribution in [0.4, 0.5) is 0 Å². The molecular weight excluding hydrogens is 198 g/mol. The third-order valence-electron chi connectivity index (χ3n) is 5.82. The van der Waals surface area contributed by atoms with E-state index in [4.69, 9.17) is 0 Å². The lowest BCUT2D eigenvalue weighted by Crippen LogP contribution is -2.54. The summed E-state index contributed by atoms with van der Waals surface area (Å²) < 4.78 is 0. The monoisotopic (exact) mass is 219 g/mol. The summed E-state index contributed by atoms with van der Waals surface area (Å²) in [5.41, 5.74) is 0.529. The average Bonchev–Trinajstić information content (AvgIpc) is 2.63. The molecule has 2 nitrogen and oxygen atoms in total. The summed E-state index contributed by atoms with van der Waals surface area (Å²) in [6.45, 7) is 0. The van der Waals surface area contributed by atoms with Gasteiger partial charge in [-0.1, -0.05) is 0 Å². The van der Waals surface area contributed by atoms with E-state index in [0.29, 0.717) is 17.4 Å². The van der Waals surface area contributed by atoms with Gasteiger partial charge in [-0.3, -0.25) is 4.79 Å². The van der Waals surface area contributed by atoms with Crippen LogP contribution in [0.5, 0.6) is 0 Å². The van der Waals surface area contributed by atoms with Gasteiger partial charge in [-0.25, -0.2) is 0 Å². The molecule has 1 amide bonds. The molecule has 2 heteroatoms. The number of amides is 1. The Labute approximate surface area is 97.2 Å². The van der Waals surface area contributed by atoms with E-state index in [1.54, 1.807) is 0 Å². The molecule has 0 aromatic carbocycles. The predicted octanol–water partition coefficient (Wildman–Crippen LogP) is 2.48. The van der Waals surface area contributed by atoms with Gasteiger partial charge in [0.25, 0.3) is 0 Å². The van der Waals surface area contributed by atoms with Crippen LogP contribution in [-0.2, 0) is 4.79 Å². The summed E-state index contributed by atoms with van der Waals surface area (Å²) in [4.78, 5) is 11.4. The van der Waals surface area contributed by atoms with Crippen molar-refractivity contribution in [3.05, 3.63) is 0 Å². The van der Waals surface area contributed by atoms with E-state index < -0.39 is 0 Å². The van der Waals surface area contributed by atoms with Crippen molar-refractivity contribution >= 4 is 5.91 Å². The second kappa shape index (κ2) is 3.02. The highest BCUT2D eigenvalue weighted by Gasteiger charge is 2.55. The fraction of sp³-hybridized carbons (Fsp3) is 0.929. The van der Waals surface area contributed by atoms with E-state index >= 15 is 0 Å². The normalized spacial score (nSPS) is 54.4. The van der Waals surface area contributed by atoms with E-state index in [-0.39, 0.29) is 0 Å². The molecule has 1 heterocycles. The Morgan fingerprint density at radius 3 is 2.00 bits per heavy atom. The molecule has 0 radical (unpaired) electrons. The summed E-state index contributed by atoms with van der Waals surface area (Å²) in [5, 5.41) is 3.27. The Balaban J connectivity index is 1.64. The molecule has 88 valence electrons. The first-order chi connectivity index (χ1) is 7.73. The summed E-state index contributed by atoms with van der Waals surface area (Å²) in [6.07, 6.45) is 10.7. The third kappa shape index (κ3) is 1.22. The van der Waals surface area contributed by atoms with Crippen molar-refractivity contribution in [1.29, 1.82) is 0 Å². The van der Waals surface area contributed by atoms with Crippen LogP contribution >= 0.6 is 0 Å². The van der Waals surface area contributed by atoms with E-state index in [9.17, 15) is 4.79 Å². The minimum atomic E-state index is 0.306. The smallest absolute Gasteiger partial charge is 0.220 e. The molecule has 0 spiro atoms. The Morgan fingerprint density at radius 1 is 1.00 bits per heavy atom. The lowest BCUT2D eigenvalue weighted by atomic mass is 9.47. The van der Waals surface area contributed by atoms with Gasteiger partial charge in [-0.15, -0.1) is 0 Å². The summed E-state index contributed by atoms with van der Waals surface area (Å²) in [7, 11) is 0. The van der Waals surface area contributed by atoms with Gasteiger partial charge in [0, 0.05) is 12.5 Å². The van der Waals surface area contributed by atoms with Crippen molar-refractivity contribution in [1.82, 2.24) is 5.32 Å². The maximum atomic E-state index is 11.4. The Hall–Kier alpha value is -0.530. The topological polar surface area (TPSA) is 29.1 Å². The van der Waals surface area contributed by atoms with Gasteiger partial charge in [0.15, 0.2) is 0 Å². The SMILES string of the molecule is O=C1CCC(C23CC4CC(CC(C4)C2)C3)N1. The van der Waals surface area contributed by atoms with Crippen LogP contribution in [0.25, 0.3) is 0 Å². The van der Waals surface area contributed by atoms with Crippen molar-refractivity contribution in [3.8, 4) is 0 Å². The quantitative estimate of drug-likeness (QED) is 0.721. The predicted molar refractivity (Wildman–Crippen MR) is 61.8 cm³/mol. The fourth-order valence-corrected chi connectivity index (χ4v) is 5.68. The van der Waals surface area contributed by atoms with E-state index in [1.807, 2.05) is 0 Å². The van der Waals surface area contributed by atoms with Crippen molar-refractivity contribution in [2.75, 3.05) is 0 Å². The zero-order valence-corrected chi connectivity index (χ0v) is 9.87. The molecule has 0 aromatic heterocycles. The minimum absolute atomic E-state index is 0.306. The highest BCUT2D eigenvalue weighted by Crippen LogP contribution is 2.62. The number of carbonyl (C=O) groups excluding carboxylic acids is 1. The van der Waals surface area contributed by atoms with E-state index in [1.165, 1.54) is 38.5 Å². The highest BCUT2D eigenvalue weighted by atomic mass is 16.1. The van der Waals surface area contributed by atoms with Crippen molar-refractivity contribution in [3.63, 3.8) is 0 Å². The van der Waals surface area contributed by atoms with E-state index in [0.717, 1.165) is 30.6 Å². The zero-order chi connectivity index (χ0) is 10.8. The number of nitrogens with one attached hydrogen (secondary N) is 1. The van der Waals surface area contributed by atoms with Crippen LogP contribution in [-0.4, -0.2) is 11.9 Å². The van der Waals surface area contributed by atoms with Gasteiger partial charge in [0.05, 0.1) is 0 Å². The minimum Gasteiger partial charge on any atom is -0.353 e. The van der Waals surface area contributed by atoms with Crippen molar-refractivity contribution in [2.45, 2.75) is 57.4 Å². The van der Waals surface area contributed by atoms with Gasteiger partial charge in [0.2, 0.25) is 5.91 Å². The summed E-state index contributed by atoms with van der Waals surface area (Å²) in [6, 6.07) is 0.536. The van der Waals surface area contributed by atoms with Gasteiger partial charge in [-0.05, 0) is 68.1 Å². The van der Waals surface area contributed by atoms with Crippen LogP contribution in [0.1, 0.15) is 51.4 Å². The van der Waals surface area contributed by atoms with Gasteiger partial charge in [-0.2, -0.15) is 0 Å². The zero-order valence-electron chi connectivity index (χ0n) is 9.87. The summed E-state index contributed by atoms with van der Waals surface area (Å²) in [5.74, 6) is 3.32. The Kier molecular flexibility index (Phi) is 1.79. The van der Waals surface area contributed by atoms with E-state index in [2.05, 4.69) is 5.32 Å². The molecule has 4 saturated carbocycles. The average molecular weight is 219 g/mol. The van der Waals surface area contributed by atoms with Gasteiger partial charge >= 0.3 is 0 Å². The molecule has 5 aliphatic rings. The molecule has 4 bridgehead atoms. The lowest BCUT2D eigenvalue weighted by molar-refractivity contribution is -0.121. The van der Waals surface area contributed by atoms with Crippen molar-refractivity contribution < 1.29 is 4.79 Å². The molecule has 1 N–H and O–H groups in total. The second-order valence-corrected chi connectivity index (χ2v) is 6.94. The first-order valence-corrected chi connectivity index (χ1v) is 7.03. The molecule has 1 atom stereocenters. The lowest BCUT2D eigenvalue weighted by Gasteiger charge is -2.59. The molecule has 16 heavy (non-hydrogen) atoms. The van der Waals surface area contributed by atoms with Crippen LogP contribution in [0, 0.1) is 23.2 Å². The highest BCUT2D eigenvalue weighted by molar-refractivity contribution is 5.78. The number of hydrogen-bond donors (Lipinski definition) is 1. The molecule has 1 aliphatic heterocycles. The molecule has 1 unspecified atom stereocenters. The second-order valence-electron chi connectivity index (χ2n) is 6.94. The first kappa shape index (κ1) is 9.49. The molecule has 0 aromatic rings. The maximum absolute atomic E-state index is 11.4. The largest absolute Gasteiger partial charge is 0.353 e. The summed E-state index contributed by atoms with van der Waals surface area (Å²) >= 11 is 0. The standard InChI is InChI=1S/C14H21NO/c16-13-2-1-12(15-13)14-6-9-3-10(7-14)5-11(4-9)8-14/h9-12H,1-8H2,(H,15,16). The fourth-order valence-electron chi connectivity index (χ4n) is 5.68. The van der Waals surface area contributed by atoms with Crippen molar-refractivity contribution in [2.24, 2.45) is 23.2 Å². The number of hydrogen-bond acceptors (Lipinski definition) is 1. The maximum Gasteiger partial charge on any atom is 0.220 e. The van der Waals surface area contributed by atoms with Crippen LogP contribution in [0.15, 0.2) is 0 Å². The number of rotatable bonds is 1. The van der Waals surface area contributed by atoms with Crippen LogP contribution in [0.3, 0.4) is 0 Å². The van der Waals surface area contributed by atoms with Crippen LogP contribution in [0.2, 0.25) is 0 Å². The Bertz CT molecular complexity index is 300. The molecule has 5 fully saturated rings. The first-order valence-electron chi connectivity index (χ1n) is 7.03. The van der Waals surface area contributed by atoms with Gasteiger partial charge < -0.3 is 5.32 Å². The molecular formula is C14H21NO. The molecule has 1 saturated heterocycles. The van der Waals surface area contributed by atoms with Gasteiger partial charge in [0.1, 0.15) is 0 Å². The molecule has 4 aliphatic carbocycles. The Morgan fingerprint density at radius 2 is 1.56 bits per heavy atom. The third-order valence-corrected chi connectivity index (χ3v) is 5.82.